The van der Waals surface area contributed by atoms with Crippen LogP contribution in [-0.4, -0.2) is 116 Å². The highest BCUT2D eigenvalue weighted by Gasteiger charge is 2.45. The van der Waals surface area contributed by atoms with Gasteiger partial charge in [0.05, 0.1) is 52.2 Å². The number of carbonyl (C=O) groups is 3. The molecule has 2 aromatic carbocycles. The smallest absolute Gasteiger partial charge is 0.246 e. The molecule has 3 amide bonds. The van der Waals surface area contributed by atoms with E-state index in [1.54, 1.807) is 29.5 Å². The number of phenols is 1. The van der Waals surface area contributed by atoms with E-state index in [0.29, 0.717) is 43.3 Å². The van der Waals surface area contributed by atoms with Crippen LogP contribution in [0.5, 0.6) is 5.75 Å². The molecule has 290 valence electrons. The zero-order chi connectivity index (χ0) is 39.0. The number of nitrogens with one attached hydrogen (secondary N) is 3. The number of β-amino-alcohol motifs (C(OH)–C–C–N with tert-alkyl or cyclic N) is 1. The van der Waals surface area contributed by atoms with Crippen molar-refractivity contribution in [3.8, 4) is 27.4 Å². The molecule has 14 nitrogen and oxygen atoms in total. The molecular weight excluding hydrogens is 719 g/mol. The third-order valence-electron chi connectivity index (χ3n) is 10.8. The van der Waals surface area contributed by atoms with E-state index in [1.807, 2.05) is 76.5 Å². The number of nitrogens with zero attached hydrogens (tertiary/aromatic N) is 6. The zero-order valence-electron chi connectivity index (χ0n) is 31.8. The van der Waals surface area contributed by atoms with Crippen molar-refractivity contribution in [1.82, 2.24) is 35.6 Å². The molecule has 2 aromatic heterocycles. The lowest BCUT2D eigenvalue weighted by Crippen LogP contribution is -2.61. The SMILES string of the molecule is Cc1ncsc1-c1ccc([C@H](C)NC(=O)[C@@H]2C[C@@H](O)CN2C(=O)[C@@H](NC(=O)CN2CCN3c4cc(-c5ccccc5O)nnc4NC[C@H]3C2)C(C)(C)C)cc1. The van der Waals surface area contributed by atoms with Crippen LogP contribution in [0.25, 0.3) is 21.7 Å². The van der Waals surface area contributed by atoms with Gasteiger partial charge in [-0.15, -0.1) is 21.5 Å². The van der Waals surface area contributed by atoms with Crippen molar-refractivity contribution in [2.75, 3.05) is 49.5 Å². The van der Waals surface area contributed by atoms with Gasteiger partial charge in [-0.2, -0.15) is 0 Å². The fourth-order valence-corrected chi connectivity index (χ4v) is 8.55. The fourth-order valence-electron chi connectivity index (χ4n) is 7.74. The second kappa shape index (κ2) is 15.6. The molecule has 5 atom stereocenters. The van der Waals surface area contributed by atoms with Crippen molar-refractivity contribution >= 4 is 40.6 Å². The molecule has 5 N–H and O–H groups in total. The number of piperazine rings is 1. The maximum absolute atomic E-state index is 14.2. The van der Waals surface area contributed by atoms with Crippen molar-refractivity contribution < 1.29 is 24.6 Å². The molecule has 3 aliphatic rings. The van der Waals surface area contributed by atoms with Crippen molar-refractivity contribution in [2.24, 2.45) is 5.41 Å². The first-order chi connectivity index (χ1) is 26.3. The molecule has 15 heteroatoms. The Bertz CT molecular complexity index is 2050. The van der Waals surface area contributed by atoms with E-state index < -0.39 is 29.5 Å². The number of fused-ring (bicyclic) bond motifs is 3. The molecule has 5 heterocycles. The first-order valence-electron chi connectivity index (χ1n) is 18.7. The topological polar surface area (TPSA) is 176 Å². The van der Waals surface area contributed by atoms with Crippen LogP contribution < -0.4 is 20.9 Å². The average Bonchev–Trinajstić information content (AvgIpc) is 3.78. The summed E-state index contributed by atoms with van der Waals surface area (Å²) in [6.45, 7) is 12.1. The molecule has 0 unspecified atom stereocenters. The third kappa shape index (κ3) is 8.14. The maximum Gasteiger partial charge on any atom is 0.246 e. The Morgan fingerprint density at radius 3 is 2.51 bits per heavy atom. The number of likely N-dealkylation sites (tertiary alicyclic amines) is 1. The summed E-state index contributed by atoms with van der Waals surface area (Å²) in [7, 11) is 0. The second-order valence-corrected chi connectivity index (χ2v) is 16.7. The Kier molecular flexibility index (Phi) is 10.8. The number of hydrogen-bond acceptors (Lipinski definition) is 12. The van der Waals surface area contributed by atoms with Crippen LogP contribution in [0.2, 0.25) is 0 Å². The van der Waals surface area contributed by atoms with Gasteiger partial charge in [-0.3, -0.25) is 19.3 Å². The van der Waals surface area contributed by atoms with Gasteiger partial charge in [0.15, 0.2) is 5.82 Å². The standard InChI is InChI=1S/C40H49N9O5S/c1-23(25-10-12-26(13-11-25)35-24(2)42-22-55-35)43-38(53)32-16-28(50)20-49(32)39(54)36(40(3,4)5)44-34(52)21-47-14-15-48-27(19-47)18-41-37-31(48)17-30(45-46-37)29-8-6-7-9-33(29)51/h6-13,17,22-23,27-28,32,36,50-51H,14-16,18-21H2,1-5H3,(H,41,46)(H,43,53)(H,44,52)/t23-,27-,28+,32-,36+/m0/s1. The van der Waals surface area contributed by atoms with Gasteiger partial charge in [0.2, 0.25) is 17.7 Å². The highest BCUT2D eigenvalue weighted by molar-refractivity contribution is 7.13. The number of aliphatic hydroxyl groups excluding tert-OH is 1. The van der Waals surface area contributed by atoms with Gasteiger partial charge in [0.25, 0.3) is 0 Å². The van der Waals surface area contributed by atoms with Crippen LogP contribution >= 0.6 is 11.3 Å². The summed E-state index contributed by atoms with van der Waals surface area (Å²) in [5.41, 5.74) is 6.17. The van der Waals surface area contributed by atoms with Crippen LogP contribution in [0.4, 0.5) is 11.5 Å². The predicted molar refractivity (Wildman–Crippen MR) is 212 cm³/mol. The van der Waals surface area contributed by atoms with Gasteiger partial charge in [-0.25, -0.2) is 4.98 Å². The van der Waals surface area contributed by atoms with Crippen LogP contribution in [-0.2, 0) is 14.4 Å². The van der Waals surface area contributed by atoms with Crippen molar-refractivity contribution in [3.05, 3.63) is 71.4 Å². The second-order valence-electron chi connectivity index (χ2n) is 15.8. The molecule has 2 fully saturated rings. The number of anilines is 2. The number of hydrogen-bond donors (Lipinski definition) is 5. The monoisotopic (exact) mass is 767 g/mol. The van der Waals surface area contributed by atoms with Crippen molar-refractivity contribution in [2.45, 2.75) is 71.3 Å². The number of aromatic nitrogens is 3. The summed E-state index contributed by atoms with van der Waals surface area (Å²) in [6, 6.07) is 14.9. The molecule has 55 heavy (non-hydrogen) atoms. The van der Waals surface area contributed by atoms with Crippen molar-refractivity contribution in [1.29, 1.82) is 0 Å². The zero-order valence-corrected chi connectivity index (χ0v) is 32.6. The van der Waals surface area contributed by atoms with Gasteiger partial charge in [-0.05, 0) is 48.6 Å². The summed E-state index contributed by atoms with van der Waals surface area (Å²) in [5.74, 6) is -0.218. The van der Waals surface area contributed by atoms with Crippen LogP contribution in [0.15, 0.2) is 60.1 Å². The largest absolute Gasteiger partial charge is 0.507 e. The average molecular weight is 768 g/mol. The Hall–Kier alpha value is -5.12. The molecule has 4 aromatic rings. The van der Waals surface area contributed by atoms with E-state index in [4.69, 9.17) is 0 Å². The number of thiazole rings is 1. The quantitative estimate of drug-likeness (QED) is 0.168. The number of aliphatic hydroxyl groups is 1. The van der Waals surface area contributed by atoms with Crippen molar-refractivity contribution in [3.63, 3.8) is 0 Å². The lowest BCUT2D eigenvalue weighted by atomic mass is 9.85. The summed E-state index contributed by atoms with van der Waals surface area (Å²) in [5, 5.41) is 39.2. The normalized spacial score (nSPS) is 20.9. The number of aromatic hydroxyl groups is 1. The predicted octanol–water partition coefficient (Wildman–Crippen LogP) is 3.57. The van der Waals surface area contributed by atoms with Crippen LogP contribution in [0, 0.1) is 12.3 Å². The Balaban J connectivity index is 0.974. The number of carbonyl (C=O) groups excluding carboxylic acids is 3. The van der Waals surface area contributed by atoms with E-state index in [1.165, 1.54) is 4.90 Å². The molecule has 0 radical (unpaired) electrons. The van der Waals surface area contributed by atoms with E-state index in [9.17, 15) is 24.6 Å². The highest BCUT2D eigenvalue weighted by Crippen LogP contribution is 2.36. The van der Waals surface area contributed by atoms with Gasteiger partial charge in [0.1, 0.15) is 17.8 Å². The Labute approximate surface area is 325 Å². The van der Waals surface area contributed by atoms with Crippen LogP contribution in [0.3, 0.4) is 0 Å². The Morgan fingerprint density at radius 2 is 1.80 bits per heavy atom. The minimum atomic E-state index is -0.920. The first-order valence-corrected chi connectivity index (χ1v) is 19.6. The fraction of sp³-hybridized carbons (Fsp3) is 0.450. The summed E-state index contributed by atoms with van der Waals surface area (Å²) in [4.78, 5) is 52.8. The molecule has 7 rings (SSSR count). The number of amides is 3. The summed E-state index contributed by atoms with van der Waals surface area (Å²) < 4.78 is 0. The van der Waals surface area contributed by atoms with E-state index >= 15 is 0 Å². The molecule has 0 bridgehead atoms. The maximum atomic E-state index is 14.2. The third-order valence-corrected chi connectivity index (χ3v) is 11.7. The molecule has 0 saturated carbocycles. The van der Waals surface area contributed by atoms with Gasteiger partial charge in [-0.1, -0.05) is 57.2 Å². The lowest BCUT2D eigenvalue weighted by molar-refractivity contribution is -0.144. The molecule has 2 saturated heterocycles. The number of aryl methyl sites for hydroxylation is 1. The summed E-state index contributed by atoms with van der Waals surface area (Å²) >= 11 is 1.58. The van der Waals surface area contributed by atoms with E-state index in [2.05, 4.69) is 40.9 Å². The van der Waals surface area contributed by atoms with Gasteiger partial charge in [0, 0.05) is 44.7 Å². The molecule has 3 aliphatic heterocycles. The molecular formula is C40H49N9O5S. The van der Waals surface area contributed by atoms with E-state index in [-0.39, 0.29) is 49.2 Å². The number of phenolic OH excluding ortho intramolecular Hbond substituents is 1. The lowest BCUT2D eigenvalue weighted by Gasteiger charge is -2.45. The minimum Gasteiger partial charge on any atom is -0.507 e. The number of rotatable bonds is 9. The molecule has 0 spiro atoms. The molecule has 0 aliphatic carbocycles. The highest BCUT2D eigenvalue weighted by atomic mass is 32.1. The van der Waals surface area contributed by atoms with Gasteiger partial charge >= 0.3 is 0 Å². The first kappa shape index (κ1) is 38.2. The van der Waals surface area contributed by atoms with Crippen LogP contribution in [0.1, 0.15) is 51.4 Å². The Morgan fingerprint density at radius 1 is 1.04 bits per heavy atom. The number of para-hydroxylation sites is 1. The number of benzene rings is 2. The van der Waals surface area contributed by atoms with Gasteiger partial charge < -0.3 is 36.0 Å². The van der Waals surface area contributed by atoms with E-state index in [0.717, 1.165) is 27.4 Å². The summed E-state index contributed by atoms with van der Waals surface area (Å²) in [6.07, 6.45) is -0.750. The minimum absolute atomic E-state index is 0.00471.